The summed E-state index contributed by atoms with van der Waals surface area (Å²) in [5.41, 5.74) is 0. The van der Waals surface area contributed by atoms with E-state index in [1.54, 1.807) is 0 Å². The Labute approximate surface area is 165 Å². The van der Waals surface area contributed by atoms with Gasteiger partial charge in [-0.15, -0.1) is 0 Å². The Hall–Kier alpha value is -2.30. The largest absolute Gasteiger partial charge is 0.507 e. The zero-order chi connectivity index (χ0) is 18.0. The van der Waals surface area contributed by atoms with Gasteiger partial charge in [-0.3, -0.25) is 0 Å². The van der Waals surface area contributed by atoms with Crippen LogP contribution in [0, 0.1) is 0 Å². The average molecular weight is 468 g/mol. The van der Waals surface area contributed by atoms with Crippen LogP contribution in [0.2, 0.25) is 0 Å². The van der Waals surface area contributed by atoms with Gasteiger partial charge >= 0.3 is 0 Å². The maximum absolute atomic E-state index is 11.0. The molecule has 0 saturated heterocycles. The van der Waals surface area contributed by atoms with Crippen molar-refractivity contribution < 1.29 is 10.2 Å². The van der Waals surface area contributed by atoms with E-state index in [0.717, 1.165) is 30.5 Å². The van der Waals surface area contributed by atoms with Gasteiger partial charge in [0.05, 0.1) is 0 Å². The number of hydrogen-bond donors (Lipinski definition) is 2. The van der Waals surface area contributed by atoms with Crippen molar-refractivity contribution in [2.45, 2.75) is 0 Å². The standard InChI is InChI=1S/C22H12Br2O2/c23-15-3-1-11-7-17-19(9-13(11)5-15)22(26)20-10-14-6-16(24)4-2-12(14)8-18(20)21(17)25/h1-10,25-26H. The molecule has 0 amide bonds. The number of aromatic hydroxyl groups is 2. The van der Waals surface area contributed by atoms with E-state index < -0.39 is 0 Å². The second-order valence-corrected chi connectivity index (χ2v) is 8.31. The van der Waals surface area contributed by atoms with Crippen LogP contribution in [0.4, 0.5) is 0 Å². The van der Waals surface area contributed by atoms with E-state index in [1.165, 1.54) is 0 Å². The fraction of sp³-hybridized carbons (Fsp3) is 0. The molecule has 0 bridgehead atoms. The Morgan fingerprint density at radius 1 is 0.462 bits per heavy atom. The molecule has 0 unspecified atom stereocenters. The van der Waals surface area contributed by atoms with Crippen LogP contribution in [0.3, 0.4) is 0 Å². The maximum Gasteiger partial charge on any atom is 0.131 e. The van der Waals surface area contributed by atoms with E-state index in [0.29, 0.717) is 21.5 Å². The number of phenols is 2. The number of rotatable bonds is 0. The highest BCUT2D eigenvalue weighted by atomic mass is 79.9. The van der Waals surface area contributed by atoms with E-state index in [-0.39, 0.29) is 11.5 Å². The predicted octanol–water partition coefficient (Wildman–Crippen LogP) is 7.24. The molecule has 2 N–H and O–H groups in total. The third-order valence-electron chi connectivity index (χ3n) is 4.90. The molecular formula is C22H12Br2O2. The molecule has 5 aromatic rings. The first kappa shape index (κ1) is 15.9. The summed E-state index contributed by atoms with van der Waals surface area (Å²) in [7, 11) is 0. The van der Waals surface area contributed by atoms with Crippen LogP contribution >= 0.6 is 31.9 Å². The molecular weight excluding hydrogens is 456 g/mol. The first-order valence-electron chi connectivity index (χ1n) is 8.11. The number of phenolic OH excluding ortho intramolecular Hbond substituents is 2. The molecule has 126 valence electrons. The van der Waals surface area contributed by atoms with Crippen LogP contribution in [-0.4, -0.2) is 10.2 Å². The van der Waals surface area contributed by atoms with Gasteiger partial charge in [0.1, 0.15) is 11.5 Å². The zero-order valence-electron chi connectivity index (χ0n) is 13.4. The van der Waals surface area contributed by atoms with E-state index in [2.05, 4.69) is 31.9 Å². The fourth-order valence-electron chi connectivity index (χ4n) is 3.61. The van der Waals surface area contributed by atoms with E-state index >= 15 is 0 Å². The minimum atomic E-state index is 0.191. The van der Waals surface area contributed by atoms with Crippen LogP contribution in [0.1, 0.15) is 0 Å². The Bertz CT molecular complexity index is 1270. The molecule has 5 rings (SSSR count). The highest BCUT2D eigenvalue weighted by molar-refractivity contribution is 9.10. The molecule has 0 aliphatic rings. The van der Waals surface area contributed by atoms with Crippen molar-refractivity contribution in [1.29, 1.82) is 0 Å². The van der Waals surface area contributed by atoms with Gasteiger partial charge in [-0.1, -0.05) is 44.0 Å². The lowest BCUT2D eigenvalue weighted by molar-refractivity contribution is 0.478. The molecule has 5 aromatic carbocycles. The SMILES string of the molecule is Oc1c2cc3ccc(Br)cc3cc2c(O)c2cc3cc(Br)ccc3cc12. The second kappa shape index (κ2) is 5.60. The predicted molar refractivity (Wildman–Crippen MR) is 115 cm³/mol. The molecule has 4 heteroatoms. The van der Waals surface area contributed by atoms with E-state index in [9.17, 15) is 10.2 Å². The highest BCUT2D eigenvalue weighted by Gasteiger charge is 2.15. The summed E-state index contributed by atoms with van der Waals surface area (Å²) in [6, 6.07) is 19.7. The van der Waals surface area contributed by atoms with Crippen molar-refractivity contribution in [3.8, 4) is 11.5 Å². The van der Waals surface area contributed by atoms with Gasteiger partial charge in [0.2, 0.25) is 0 Å². The molecule has 0 atom stereocenters. The van der Waals surface area contributed by atoms with Gasteiger partial charge in [-0.25, -0.2) is 0 Å². The molecule has 0 aliphatic heterocycles. The summed E-state index contributed by atoms with van der Waals surface area (Å²) in [4.78, 5) is 0. The van der Waals surface area contributed by atoms with Gasteiger partial charge in [0.15, 0.2) is 0 Å². The lowest BCUT2D eigenvalue weighted by atomic mass is 9.95. The topological polar surface area (TPSA) is 40.5 Å². The van der Waals surface area contributed by atoms with Crippen molar-refractivity contribution in [2.75, 3.05) is 0 Å². The average Bonchev–Trinajstić information content (AvgIpc) is 2.63. The number of hydrogen-bond acceptors (Lipinski definition) is 2. The maximum atomic E-state index is 11.0. The van der Waals surface area contributed by atoms with Crippen molar-refractivity contribution in [1.82, 2.24) is 0 Å². The van der Waals surface area contributed by atoms with Gasteiger partial charge in [0, 0.05) is 30.5 Å². The van der Waals surface area contributed by atoms with Crippen LogP contribution in [0.5, 0.6) is 11.5 Å². The smallest absolute Gasteiger partial charge is 0.131 e. The van der Waals surface area contributed by atoms with E-state index in [4.69, 9.17) is 0 Å². The molecule has 0 spiro atoms. The highest BCUT2D eigenvalue weighted by Crippen LogP contribution is 2.44. The third kappa shape index (κ3) is 2.29. The number of benzene rings is 5. The van der Waals surface area contributed by atoms with Crippen molar-refractivity contribution in [2.24, 2.45) is 0 Å². The summed E-state index contributed by atoms with van der Waals surface area (Å²) in [6.45, 7) is 0. The van der Waals surface area contributed by atoms with Crippen molar-refractivity contribution >= 4 is 74.9 Å². The van der Waals surface area contributed by atoms with Gasteiger partial charge in [-0.2, -0.15) is 0 Å². The summed E-state index contributed by atoms with van der Waals surface area (Å²) in [6.07, 6.45) is 0. The summed E-state index contributed by atoms with van der Waals surface area (Å²) >= 11 is 6.97. The summed E-state index contributed by atoms with van der Waals surface area (Å²) < 4.78 is 1.95. The lowest BCUT2D eigenvalue weighted by Gasteiger charge is -2.12. The van der Waals surface area contributed by atoms with Crippen molar-refractivity contribution in [3.05, 3.63) is 69.6 Å². The minimum absolute atomic E-state index is 0.191. The van der Waals surface area contributed by atoms with Crippen LogP contribution in [-0.2, 0) is 0 Å². The molecule has 2 nitrogen and oxygen atoms in total. The Morgan fingerprint density at radius 2 is 0.808 bits per heavy atom. The van der Waals surface area contributed by atoms with Gasteiger partial charge in [-0.05, 0) is 70.1 Å². The monoisotopic (exact) mass is 466 g/mol. The van der Waals surface area contributed by atoms with Crippen LogP contribution in [0.25, 0.3) is 43.1 Å². The molecule has 0 heterocycles. The molecule has 26 heavy (non-hydrogen) atoms. The lowest BCUT2D eigenvalue weighted by Crippen LogP contribution is -1.84. The van der Waals surface area contributed by atoms with Crippen LogP contribution in [0.15, 0.2) is 69.6 Å². The molecule has 0 aromatic heterocycles. The normalized spacial score (nSPS) is 11.8. The Kier molecular flexibility index (Phi) is 3.43. The number of fused-ring (bicyclic) bond motifs is 4. The van der Waals surface area contributed by atoms with Gasteiger partial charge in [0.25, 0.3) is 0 Å². The molecule has 0 fully saturated rings. The minimum Gasteiger partial charge on any atom is -0.507 e. The summed E-state index contributed by atoms with van der Waals surface area (Å²) in [5.74, 6) is 0.388. The molecule has 0 saturated carbocycles. The third-order valence-corrected chi connectivity index (χ3v) is 5.88. The van der Waals surface area contributed by atoms with Crippen LogP contribution < -0.4 is 0 Å². The Morgan fingerprint density at radius 3 is 1.19 bits per heavy atom. The van der Waals surface area contributed by atoms with Gasteiger partial charge < -0.3 is 10.2 Å². The quantitative estimate of drug-likeness (QED) is 0.186. The first-order chi connectivity index (χ1) is 12.5. The Balaban J connectivity index is 1.99. The molecule has 0 aliphatic carbocycles. The zero-order valence-corrected chi connectivity index (χ0v) is 16.6. The second-order valence-electron chi connectivity index (χ2n) is 6.48. The number of halogens is 2. The summed E-state index contributed by atoms with van der Waals surface area (Å²) in [5, 5.41) is 28.5. The first-order valence-corrected chi connectivity index (χ1v) is 9.70. The van der Waals surface area contributed by atoms with Crippen molar-refractivity contribution in [3.63, 3.8) is 0 Å². The molecule has 0 radical (unpaired) electrons. The fourth-order valence-corrected chi connectivity index (χ4v) is 4.37. The van der Waals surface area contributed by atoms with E-state index in [1.807, 2.05) is 60.7 Å².